The normalized spacial score (nSPS) is 17.6. The van der Waals surface area contributed by atoms with Crippen molar-refractivity contribution in [3.63, 3.8) is 0 Å². The fraction of sp³-hybridized carbons (Fsp3) is 0.385. The Balaban J connectivity index is 2.33. The fourth-order valence-corrected chi connectivity index (χ4v) is 2.38. The summed E-state index contributed by atoms with van der Waals surface area (Å²) >= 11 is 2.90. The van der Waals surface area contributed by atoms with Crippen LogP contribution in [0.4, 0.5) is 13.2 Å². The van der Waals surface area contributed by atoms with E-state index < -0.39 is 17.8 Å². The van der Waals surface area contributed by atoms with Gasteiger partial charge in [0.25, 0.3) is 0 Å². The standard InChI is InChI=1S/C13H13BrF3NO/c14-10-5-4-8(7-9(10)13(15,16)17)12(18)11-3-1-2-6-19-11/h3-5,7,12H,1-2,6,18H2. The van der Waals surface area contributed by atoms with Crippen molar-refractivity contribution in [2.45, 2.75) is 25.1 Å². The summed E-state index contributed by atoms with van der Waals surface area (Å²) in [5, 5.41) is 0. The Morgan fingerprint density at radius 3 is 2.63 bits per heavy atom. The van der Waals surface area contributed by atoms with Gasteiger partial charge in [0, 0.05) is 4.47 Å². The van der Waals surface area contributed by atoms with Crippen LogP contribution in [0.1, 0.15) is 30.0 Å². The van der Waals surface area contributed by atoms with Crippen molar-refractivity contribution < 1.29 is 17.9 Å². The molecule has 0 spiro atoms. The van der Waals surface area contributed by atoms with Gasteiger partial charge in [-0.3, -0.25) is 0 Å². The molecule has 104 valence electrons. The van der Waals surface area contributed by atoms with Crippen LogP contribution < -0.4 is 5.73 Å². The number of allylic oxidation sites excluding steroid dienone is 1. The predicted molar refractivity (Wildman–Crippen MR) is 69.3 cm³/mol. The maximum Gasteiger partial charge on any atom is 0.417 e. The number of hydrogen-bond donors (Lipinski definition) is 1. The summed E-state index contributed by atoms with van der Waals surface area (Å²) in [5.41, 5.74) is 5.62. The van der Waals surface area contributed by atoms with Crippen LogP contribution in [0.5, 0.6) is 0 Å². The van der Waals surface area contributed by atoms with E-state index in [1.165, 1.54) is 6.07 Å². The average molecular weight is 336 g/mol. The van der Waals surface area contributed by atoms with Gasteiger partial charge in [-0.15, -0.1) is 0 Å². The van der Waals surface area contributed by atoms with Crippen LogP contribution in [0, 0.1) is 0 Å². The Hall–Kier alpha value is -1.01. The maximum absolute atomic E-state index is 12.8. The molecule has 0 radical (unpaired) electrons. The van der Waals surface area contributed by atoms with E-state index in [9.17, 15) is 13.2 Å². The summed E-state index contributed by atoms with van der Waals surface area (Å²) in [6, 6.07) is 3.34. The lowest BCUT2D eigenvalue weighted by Gasteiger charge is -2.22. The molecule has 2 nitrogen and oxygen atoms in total. The minimum absolute atomic E-state index is 0.00879. The van der Waals surface area contributed by atoms with Crippen molar-refractivity contribution in [3.8, 4) is 0 Å². The number of nitrogens with two attached hydrogens (primary N) is 1. The molecule has 1 aromatic rings. The van der Waals surface area contributed by atoms with Crippen molar-refractivity contribution in [1.29, 1.82) is 0 Å². The maximum atomic E-state index is 12.8. The third-order valence-corrected chi connectivity index (χ3v) is 3.62. The third-order valence-electron chi connectivity index (χ3n) is 2.92. The van der Waals surface area contributed by atoms with E-state index in [1.807, 2.05) is 6.08 Å². The van der Waals surface area contributed by atoms with E-state index in [0.717, 1.165) is 18.9 Å². The monoisotopic (exact) mass is 335 g/mol. The summed E-state index contributed by atoms with van der Waals surface area (Å²) in [4.78, 5) is 0. The smallest absolute Gasteiger partial charge is 0.417 e. The second kappa shape index (κ2) is 5.54. The molecule has 2 N–H and O–H groups in total. The number of halogens is 4. The molecule has 0 aliphatic carbocycles. The molecule has 1 aliphatic rings. The molecule has 0 amide bonds. The van der Waals surface area contributed by atoms with Gasteiger partial charge in [-0.1, -0.05) is 22.0 Å². The highest BCUT2D eigenvalue weighted by Gasteiger charge is 2.33. The van der Waals surface area contributed by atoms with Crippen LogP contribution in [0.15, 0.2) is 34.5 Å². The molecule has 6 heteroatoms. The molecule has 0 bridgehead atoms. The Morgan fingerprint density at radius 1 is 1.32 bits per heavy atom. The van der Waals surface area contributed by atoms with E-state index in [2.05, 4.69) is 15.9 Å². The minimum Gasteiger partial charge on any atom is -0.496 e. The van der Waals surface area contributed by atoms with Crippen LogP contribution in [0.2, 0.25) is 0 Å². The summed E-state index contributed by atoms with van der Waals surface area (Å²) in [6.45, 7) is 0.558. The van der Waals surface area contributed by atoms with Crippen LogP contribution in [-0.2, 0) is 10.9 Å². The van der Waals surface area contributed by atoms with E-state index in [4.69, 9.17) is 10.5 Å². The Bertz CT molecular complexity index is 499. The minimum atomic E-state index is -4.41. The van der Waals surface area contributed by atoms with Crippen LogP contribution in [0.25, 0.3) is 0 Å². The average Bonchev–Trinajstić information content (AvgIpc) is 2.38. The van der Waals surface area contributed by atoms with Gasteiger partial charge in [0.05, 0.1) is 18.2 Å². The van der Waals surface area contributed by atoms with E-state index in [1.54, 1.807) is 6.07 Å². The molecule has 1 atom stereocenters. The second-order valence-electron chi connectivity index (χ2n) is 4.31. The largest absolute Gasteiger partial charge is 0.496 e. The first kappa shape index (κ1) is 14.4. The van der Waals surface area contributed by atoms with Gasteiger partial charge in [-0.2, -0.15) is 13.2 Å². The van der Waals surface area contributed by atoms with E-state index >= 15 is 0 Å². The van der Waals surface area contributed by atoms with Crippen molar-refractivity contribution in [1.82, 2.24) is 0 Å². The number of ether oxygens (including phenoxy) is 1. The van der Waals surface area contributed by atoms with Gasteiger partial charge in [0.2, 0.25) is 0 Å². The zero-order chi connectivity index (χ0) is 14.0. The van der Waals surface area contributed by atoms with Gasteiger partial charge < -0.3 is 10.5 Å². The lowest BCUT2D eigenvalue weighted by atomic mass is 10.0. The molecule has 0 saturated carbocycles. The van der Waals surface area contributed by atoms with Gasteiger partial charge in [-0.05, 0) is 36.6 Å². The van der Waals surface area contributed by atoms with Gasteiger partial charge in [0.1, 0.15) is 5.76 Å². The zero-order valence-electron chi connectivity index (χ0n) is 10.0. The molecule has 0 aromatic heterocycles. The van der Waals surface area contributed by atoms with Crippen molar-refractivity contribution in [2.75, 3.05) is 6.61 Å². The predicted octanol–water partition coefficient (Wildman–Crippen LogP) is 4.16. The van der Waals surface area contributed by atoms with Crippen molar-refractivity contribution in [2.24, 2.45) is 5.73 Å². The fourth-order valence-electron chi connectivity index (χ4n) is 1.91. The lowest BCUT2D eigenvalue weighted by molar-refractivity contribution is -0.138. The molecule has 1 heterocycles. The summed E-state index contributed by atoms with van der Waals surface area (Å²) in [6.07, 6.45) is -0.824. The van der Waals surface area contributed by atoms with Gasteiger partial charge >= 0.3 is 6.18 Å². The van der Waals surface area contributed by atoms with E-state index in [-0.39, 0.29) is 4.47 Å². The summed E-state index contributed by atoms with van der Waals surface area (Å²) in [5.74, 6) is 0.543. The molecule has 0 saturated heterocycles. The van der Waals surface area contributed by atoms with E-state index in [0.29, 0.717) is 17.9 Å². The first-order valence-corrected chi connectivity index (χ1v) is 6.64. The zero-order valence-corrected chi connectivity index (χ0v) is 11.6. The van der Waals surface area contributed by atoms with Crippen LogP contribution >= 0.6 is 15.9 Å². The SMILES string of the molecule is NC(C1=CCCCO1)c1ccc(Br)c(C(F)(F)F)c1. The Labute approximate surface area is 117 Å². The summed E-state index contributed by atoms with van der Waals surface area (Å²) in [7, 11) is 0. The number of benzene rings is 1. The molecule has 0 fully saturated rings. The molecule has 2 rings (SSSR count). The number of alkyl halides is 3. The third kappa shape index (κ3) is 3.30. The molecule has 1 aromatic carbocycles. The lowest BCUT2D eigenvalue weighted by Crippen LogP contribution is -2.19. The molecular formula is C13H13BrF3NO. The Morgan fingerprint density at radius 2 is 2.05 bits per heavy atom. The topological polar surface area (TPSA) is 35.2 Å². The first-order chi connectivity index (χ1) is 8.89. The molecule has 1 aliphatic heterocycles. The highest BCUT2D eigenvalue weighted by molar-refractivity contribution is 9.10. The van der Waals surface area contributed by atoms with Crippen LogP contribution in [0.3, 0.4) is 0 Å². The first-order valence-electron chi connectivity index (χ1n) is 5.84. The highest BCUT2D eigenvalue weighted by Crippen LogP contribution is 2.37. The molecule has 19 heavy (non-hydrogen) atoms. The molecule has 1 unspecified atom stereocenters. The molecular weight excluding hydrogens is 323 g/mol. The number of hydrogen-bond acceptors (Lipinski definition) is 2. The quantitative estimate of drug-likeness (QED) is 0.880. The van der Waals surface area contributed by atoms with Gasteiger partial charge in [-0.25, -0.2) is 0 Å². The van der Waals surface area contributed by atoms with Gasteiger partial charge in [0.15, 0.2) is 0 Å². The number of rotatable bonds is 2. The second-order valence-corrected chi connectivity index (χ2v) is 5.17. The van der Waals surface area contributed by atoms with Crippen molar-refractivity contribution >= 4 is 15.9 Å². The highest BCUT2D eigenvalue weighted by atomic mass is 79.9. The van der Waals surface area contributed by atoms with Crippen LogP contribution in [-0.4, -0.2) is 6.61 Å². The Kier molecular flexibility index (Phi) is 4.20. The van der Waals surface area contributed by atoms with Crippen molar-refractivity contribution in [3.05, 3.63) is 45.6 Å². The summed E-state index contributed by atoms with van der Waals surface area (Å²) < 4.78 is 43.9.